The van der Waals surface area contributed by atoms with Crippen LogP contribution in [0.5, 0.6) is 11.6 Å². The lowest BCUT2D eigenvalue weighted by Crippen LogP contribution is -2.54. The summed E-state index contributed by atoms with van der Waals surface area (Å²) in [4.78, 5) is 35.2. The summed E-state index contributed by atoms with van der Waals surface area (Å²) < 4.78 is 43.2. The molecule has 1 aromatic carbocycles. The van der Waals surface area contributed by atoms with Crippen LogP contribution in [0.1, 0.15) is 85.3 Å². The Morgan fingerprint density at radius 1 is 1.09 bits per heavy atom. The number of carbonyl (C=O) groups excluding carboxylic acids is 1. The zero-order valence-corrected chi connectivity index (χ0v) is 26.2. The molecule has 2 aromatic rings. The number of carboxylic acid groups (broad SMARTS) is 1. The smallest absolute Gasteiger partial charge is 0.405 e. The van der Waals surface area contributed by atoms with Gasteiger partial charge in [0.1, 0.15) is 17.9 Å². The van der Waals surface area contributed by atoms with Gasteiger partial charge in [0.2, 0.25) is 11.8 Å². The standard InChI is InChI=1S/C32H46F2N4O5/c1-19-10-9-12-21(19)11-7-8-15-32(33,34)26-28(36-24-16-22(42-6)13-14-23(24)35-26)43-25-18-38(17-20(25)2)29(39)27(31(3,4)5)37-30(40)41/h13-14,16,19-21,25,27,37H,7-12,15,17-18H2,1-6H3,(H,40,41)/t19?,20-,21+,25-,27+/m0/s1. The summed E-state index contributed by atoms with van der Waals surface area (Å²) in [5.41, 5.74) is -0.504. The van der Waals surface area contributed by atoms with Crippen molar-refractivity contribution in [2.24, 2.45) is 23.2 Å². The zero-order valence-electron chi connectivity index (χ0n) is 26.2. The van der Waals surface area contributed by atoms with E-state index in [0.717, 1.165) is 12.8 Å². The highest BCUT2D eigenvalue weighted by Gasteiger charge is 2.43. The number of hydrogen-bond acceptors (Lipinski definition) is 6. The molecule has 1 aliphatic heterocycles. The van der Waals surface area contributed by atoms with Gasteiger partial charge in [0, 0.05) is 24.9 Å². The fraction of sp³-hybridized carbons (Fsp3) is 0.688. The van der Waals surface area contributed by atoms with Gasteiger partial charge in [-0.1, -0.05) is 66.7 Å². The number of fused-ring (bicyclic) bond motifs is 1. The summed E-state index contributed by atoms with van der Waals surface area (Å²) in [6, 6.07) is 3.91. The van der Waals surface area contributed by atoms with E-state index in [-0.39, 0.29) is 37.2 Å². The van der Waals surface area contributed by atoms with Crippen molar-refractivity contribution in [3.05, 3.63) is 23.9 Å². The molecule has 2 heterocycles. The molecule has 1 aliphatic carbocycles. The minimum atomic E-state index is -3.27. The third kappa shape index (κ3) is 7.84. The molecule has 4 rings (SSSR count). The van der Waals surface area contributed by atoms with E-state index in [1.165, 1.54) is 31.3 Å². The molecule has 2 amide bonds. The molecule has 2 fully saturated rings. The van der Waals surface area contributed by atoms with Gasteiger partial charge in [-0.25, -0.2) is 14.8 Å². The highest BCUT2D eigenvalue weighted by molar-refractivity contribution is 5.86. The van der Waals surface area contributed by atoms with E-state index in [1.54, 1.807) is 39.0 Å². The summed E-state index contributed by atoms with van der Waals surface area (Å²) >= 11 is 0. The maximum atomic E-state index is 15.9. The molecule has 43 heavy (non-hydrogen) atoms. The molecule has 238 valence electrons. The summed E-state index contributed by atoms with van der Waals surface area (Å²) in [6.45, 7) is 9.85. The van der Waals surface area contributed by atoms with Crippen LogP contribution in [-0.4, -0.2) is 64.3 Å². The number of methoxy groups -OCH3 is 1. The second kappa shape index (κ2) is 13.2. The Labute approximate surface area is 252 Å². The van der Waals surface area contributed by atoms with E-state index in [9.17, 15) is 14.7 Å². The van der Waals surface area contributed by atoms with Gasteiger partial charge in [0.25, 0.3) is 5.92 Å². The third-order valence-electron chi connectivity index (χ3n) is 9.04. The van der Waals surface area contributed by atoms with Crippen molar-refractivity contribution in [1.82, 2.24) is 20.2 Å². The Morgan fingerprint density at radius 2 is 1.84 bits per heavy atom. The van der Waals surface area contributed by atoms with Gasteiger partial charge < -0.3 is 24.8 Å². The van der Waals surface area contributed by atoms with Crippen molar-refractivity contribution >= 4 is 23.0 Å². The molecule has 0 radical (unpaired) electrons. The lowest BCUT2D eigenvalue weighted by molar-refractivity contribution is -0.135. The van der Waals surface area contributed by atoms with Crippen LogP contribution in [0.15, 0.2) is 18.2 Å². The molecule has 11 heteroatoms. The lowest BCUT2D eigenvalue weighted by atomic mass is 9.86. The topological polar surface area (TPSA) is 114 Å². The van der Waals surface area contributed by atoms with Crippen molar-refractivity contribution in [3.63, 3.8) is 0 Å². The van der Waals surface area contributed by atoms with Crippen LogP contribution in [-0.2, 0) is 10.7 Å². The number of unbranched alkanes of at least 4 members (excludes halogenated alkanes) is 1. The molecule has 0 bridgehead atoms. The number of nitrogens with zero attached hydrogens (tertiary/aromatic N) is 3. The Morgan fingerprint density at radius 3 is 2.47 bits per heavy atom. The van der Waals surface area contributed by atoms with Crippen LogP contribution in [0.4, 0.5) is 13.6 Å². The van der Waals surface area contributed by atoms with Crippen molar-refractivity contribution in [2.75, 3.05) is 20.2 Å². The number of amides is 2. The molecule has 1 unspecified atom stereocenters. The molecule has 2 N–H and O–H groups in total. The van der Waals surface area contributed by atoms with Crippen molar-refractivity contribution < 1.29 is 33.0 Å². The normalized spacial score (nSPS) is 23.4. The molecule has 1 saturated carbocycles. The first-order valence-corrected chi connectivity index (χ1v) is 15.4. The summed E-state index contributed by atoms with van der Waals surface area (Å²) in [5.74, 6) is -2.34. The number of benzene rings is 1. The molecule has 9 nitrogen and oxygen atoms in total. The SMILES string of the molecule is COc1ccc2nc(C(F)(F)CCCC[C@@H]3CCCC3C)c(O[C@H]3CN(C(=O)[C@@H](NC(=O)O)C(C)(C)C)C[C@@H]3C)nc2c1. The van der Waals surface area contributed by atoms with Gasteiger partial charge in [-0.15, -0.1) is 0 Å². The Kier molecular flexibility index (Phi) is 10.0. The fourth-order valence-electron chi connectivity index (χ4n) is 6.36. The fourth-order valence-corrected chi connectivity index (χ4v) is 6.36. The largest absolute Gasteiger partial charge is 0.497 e. The van der Waals surface area contributed by atoms with Crippen LogP contribution < -0.4 is 14.8 Å². The highest BCUT2D eigenvalue weighted by atomic mass is 19.3. The van der Waals surface area contributed by atoms with Gasteiger partial charge in [-0.05, 0) is 35.8 Å². The molecule has 2 aliphatic rings. The highest BCUT2D eigenvalue weighted by Crippen LogP contribution is 2.41. The zero-order chi connectivity index (χ0) is 31.5. The number of rotatable bonds is 11. The number of ether oxygens (including phenoxy) is 2. The molecular formula is C32H46F2N4O5. The van der Waals surface area contributed by atoms with Crippen molar-refractivity contribution in [3.8, 4) is 11.6 Å². The van der Waals surface area contributed by atoms with Gasteiger partial charge in [0.15, 0.2) is 5.69 Å². The van der Waals surface area contributed by atoms with Crippen LogP contribution in [0, 0.1) is 23.2 Å². The molecule has 1 aromatic heterocycles. The monoisotopic (exact) mass is 604 g/mol. The first-order valence-electron chi connectivity index (χ1n) is 15.4. The minimum absolute atomic E-state index is 0.107. The van der Waals surface area contributed by atoms with E-state index < -0.39 is 35.3 Å². The van der Waals surface area contributed by atoms with E-state index in [0.29, 0.717) is 35.0 Å². The average molecular weight is 605 g/mol. The maximum absolute atomic E-state index is 15.9. The predicted octanol–water partition coefficient (Wildman–Crippen LogP) is 6.63. The third-order valence-corrected chi connectivity index (χ3v) is 9.04. The van der Waals surface area contributed by atoms with E-state index in [2.05, 4.69) is 22.2 Å². The maximum Gasteiger partial charge on any atom is 0.405 e. The number of halogens is 2. The van der Waals surface area contributed by atoms with Crippen LogP contribution in [0.25, 0.3) is 11.0 Å². The molecule has 1 saturated heterocycles. The van der Waals surface area contributed by atoms with Gasteiger partial charge >= 0.3 is 6.09 Å². The molecule has 5 atom stereocenters. The number of likely N-dealkylation sites (tertiary alicyclic amines) is 1. The number of aromatic nitrogens is 2. The van der Waals surface area contributed by atoms with Gasteiger partial charge in [0.05, 0.1) is 24.7 Å². The van der Waals surface area contributed by atoms with Gasteiger partial charge in [-0.2, -0.15) is 8.78 Å². The quantitative estimate of drug-likeness (QED) is 0.277. The van der Waals surface area contributed by atoms with E-state index in [1.807, 2.05) is 6.92 Å². The molecular weight excluding hydrogens is 558 g/mol. The summed E-state index contributed by atoms with van der Waals surface area (Å²) in [7, 11) is 1.51. The van der Waals surface area contributed by atoms with Crippen molar-refractivity contribution in [2.45, 2.75) is 97.6 Å². The van der Waals surface area contributed by atoms with Crippen LogP contribution >= 0.6 is 0 Å². The number of nitrogens with one attached hydrogen (secondary N) is 1. The predicted molar refractivity (Wildman–Crippen MR) is 160 cm³/mol. The second-order valence-electron chi connectivity index (χ2n) is 13.5. The Balaban J connectivity index is 1.56. The number of carbonyl (C=O) groups is 2. The lowest BCUT2D eigenvalue weighted by Gasteiger charge is -2.32. The van der Waals surface area contributed by atoms with Gasteiger partial charge in [-0.3, -0.25) is 4.79 Å². The minimum Gasteiger partial charge on any atom is -0.497 e. The Bertz CT molecular complexity index is 1300. The first kappa shape index (κ1) is 32.7. The first-order chi connectivity index (χ1) is 20.2. The van der Waals surface area contributed by atoms with E-state index >= 15 is 8.78 Å². The molecule has 0 spiro atoms. The second-order valence-corrected chi connectivity index (χ2v) is 13.5. The number of hydrogen-bond donors (Lipinski definition) is 2. The summed E-state index contributed by atoms with van der Waals surface area (Å²) in [6.07, 6.45) is 3.38. The van der Waals surface area contributed by atoms with Crippen molar-refractivity contribution in [1.29, 1.82) is 0 Å². The van der Waals surface area contributed by atoms with Crippen LogP contribution in [0.2, 0.25) is 0 Å². The van der Waals surface area contributed by atoms with Crippen LogP contribution in [0.3, 0.4) is 0 Å². The number of alkyl halides is 2. The van der Waals surface area contributed by atoms with E-state index in [4.69, 9.17) is 9.47 Å². The average Bonchev–Trinajstić information content (AvgIpc) is 3.52. The Hall–Kier alpha value is -3.24. The summed E-state index contributed by atoms with van der Waals surface area (Å²) in [5, 5.41) is 11.6.